The molecule has 90 valence electrons. The first kappa shape index (κ1) is 12.1. The topological polar surface area (TPSA) is 72.9 Å². The molecule has 2 aromatic rings. The highest BCUT2D eigenvalue weighted by molar-refractivity contribution is 9.11. The minimum absolute atomic E-state index is 0.216. The summed E-state index contributed by atoms with van der Waals surface area (Å²) in [5.41, 5.74) is 6.44. The SMILES string of the molecule is Cn1ncc(N)c1C(=O)NCc1ccc(Br)s1. The number of amides is 1. The number of rotatable bonds is 3. The molecule has 0 aliphatic carbocycles. The minimum atomic E-state index is -0.216. The summed E-state index contributed by atoms with van der Waals surface area (Å²) in [7, 11) is 1.69. The van der Waals surface area contributed by atoms with Crippen LogP contribution in [0.15, 0.2) is 22.1 Å². The van der Waals surface area contributed by atoms with Gasteiger partial charge in [-0.15, -0.1) is 11.3 Å². The number of nitrogens with two attached hydrogens (primary N) is 1. The van der Waals surface area contributed by atoms with Crippen LogP contribution in [0.4, 0.5) is 5.69 Å². The van der Waals surface area contributed by atoms with E-state index in [2.05, 4.69) is 26.3 Å². The standard InChI is InChI=1S/C10H11BrN4OS/c1-15-9(7(12)5-14-15)10(16)13-4-6-2-3-8(11)17-6/h2-3,5H,4,12H2,1H3,(H,13,16). The van der Waals surface area contributed by atoms with E-state index in [0.29, 0.717) is 17.9 Å². The Hall–Kier alpha value is -1.34. The highest BCUT2D eigenvalue weighted by Gasteiger charge is 2.14. The number of nitrogen functional groups attached to an aromatic ring is 1. The molecule has 0 aliphatic rings. The number of nitrogens with zero attached hydrogens (tertiary/aromatic N) is 2. The monoisotopic (exact) mass is 314 g/mol. The molecule has 2 rings (SSSR count). The van der Waals surface area contributed by atoms with Crippen molar-refractivity contribution >= 4 is 38.9 Å². The van der Waals surface area contributed by atoms with E-state index in [-0.39, 0.29) is 5.91 Å². The fourth-order valence-electron chi connectivity index (χ4n) is 1.43. The fraction of sp³-hybridized carbons (Fsp3) is 0.200. The average Bonchev–Trinajstić information content (AvgIpc) is 2.83. The van der Waals surface area contributed by atoms with E-state index in [1.807, 2.05) is 12.1 Å². The van der Waals surface area contributed by atoms with Crippen molar-refractivity contribution in [1.29, 1.82) is 0 Å². The zero-order valence-corrected chi connectivity index (χ0v) is 11.5. The number of halogens is 1. The lowest BCUT2D eigenvalue weighted by Gasteiger charge is -2.04. The largest absolute Gasteiger partial charge is 0.396 e. The normalized spacial score (nSPS) is 10.5. The van der Waals surface area contributed by atoms with Crippen LogP contribution in [-0.2, 0) is 13.6 Å². The van der Waals surface area contributed by atoms with Gasteiger partial charge in [-0.3, -0.25) is 9.48 Å². The number of hydrogen-bond acceptors (Lipinski definition) is 4. The molecule has 2 aromatic heterocycles. The predicted octanol–water partition coefficient (Wildman–Crippen LogP) is 1.76. The molecule has 7 heteroatoms. The Morgan fingerprint density at radius 1 is 1.65 bits per heavy atom. The van der Waals surface area contributed by atoms with Crippen molar-refractivity contribution in [3.8, 4) is 0 Å². The number of carbonyl (C=O) groups is 1. The van der Waals surface area contributed by atoms with Crippen LogP contribution in [0.1, 0.15) is 15.4 Å². The molecular formula is C10H11BrN4OS. The first-order chi connectivity index (χ1) is 8.08. The molecule has 0 spiro atoms. The second-order valence-electron chi connectivity index (χ2n) is 3.46. The highest BCUT2D eigenvalue weighted by atomic mass is 79.9. The Balaban J connectivity index is 2.03. The van der Waals surface area contributed by atoms with Crippen molar-refractivity contribution in [3.05, 3.63) is 32.7 Å². The van der Waals surface area contributed by atoms with Gasteiger partial charge < -0.3 is 11.1 Å². The third-order valence-corrected chi connectivity index (χ3v) is 3.86. The van der Waals surface area contributed by atoms with Gasteiger partial charge in [-0.25, -0.2) is 0 Å². The van der Waals surface area contributed by atoms with Crippen molar-refractivity contribution in [2.45, 2.75) is 6.54 Å². The molecule has 5 nitrogen and oxygen atoms in total. The first-order valence-electron chi connectivity index (χ1n) is 4.88. The van der Waals surface area contributed by atoms with Gasteiger partial charge in [0, 0.05) is 11.9 Å². The Morgan fingerprint density at radius 3 is 2.94 bits per heavy atom. The Morgan fingerprint density at radius 2 is 2.41 bits per heavy atom. The second kappa shape index (κ2) is 4.89. The van der Waals surface area contributed by atoms with Crippen LogP contribution in [0.5, 0.6) is 0 Å². The van der Waals surface area contributed by atoms with Crippen LogP contribution in [0, 0.1) is 0 Å². The average molecular weight is 315 g/mol. The summed E-state index contributed by atoms with van der Waals surface area (Å²) >= 11 is 4.96. The van der Waals surface area contributed by atoms with Gasteiger partial charge in [-0.05, 0) is 28.1 Å². The zero-order valence-electron chi connectivity index (χ0n) is 9.11. The van der Waals surface area contributed by atoms with Gasteiger partial charge >= 0.3 is 0 Å². The summed E-state index contributed by atoms with van der Waals surface area (Å²) in [6.07, 6.45) is 1.47. The number of anilines is 1. The fourth-order valence-corrected chi connectivity index (χ4v) is 2.85. The van der Waals surface area contributed by atoms with Crippen molar-refractivity contribution in [2.24, 2.45) is 7.05 Å². The van der Waals surface area contributed by atoms with Gasteiger partial charge in [-0.1, -0.05) is 0 Å². The third kappa shape index (κ3) is 2.67. The molecule has 0 aromatic carbocycles. The van der Waals surface area contributed by atoms with Crippen LogP contribution in [-0.4, -0.2) is 15.7 Å². The van der Waals surface area contributed by atoms with Crippen molar-refractivity contribution in [2.75, 3.05) is 5.73 Å². The van der Waals surface area contributed by atoms with Gasteiger partial charge in [0.15, 0.2) is 0 Å². The molecule has 3 N–H and O–H groups in total. The van der Waals surface area contributed by atoms with Crippen LogP contribution >= 0.6 is 27.3 Å². The maximum Gasteiger partial charge on any atom is 0.271 e. The molecule has 0 bridgehead atoms. The van der Waals surface area contributed by atoms with E-state index in [0.717, 1.165) is 8.66 Å². The number of thiophene rings is 1. The summed E-state index contributed by atoms with van der Waals surface area (Å²) < 4.78 is 2.51. The lowest BCUT2D eigenvalue weighted by atomic mass is 10.3. The lowest BCUT2D eigenvalue weighted by Crippen LogP contribution is -2.25. The maximum atomic E-state index is 11.9. The first-order valence-corrected chi connectivity index (χ1v) is 6.49. The Labute approximate surface area is 111 Å². The van der Waals surface area contributed by atoms with Crippen molar-refractivity contribution < 1.29 is 4.79 Å². The quantitative estimate of drug-likeness (QED) is 0.906. The van der Waals surface area contributed by atoms with Gasteiger partial charge in [0.2, 0.25) is 0 Å². The molecular weight excluding hydrogens is 304 g/mol. The Bertz CT molecular complexity index is 529. The zero-order chi connectivity index (χ0) is 12.4. The number of aromatic nitrogens is 2. The van der Waals surface area contributed by atoms with Crippen LogP contribution in [0.3, 0.4) is 0 Å². The molecule has 0 aliphatic heterocycles. The van der Waals surface area contributed by atoms with E-state index in [1.54, 1.807) is 18.4 Å². The van der Waals surface area contributed by atoms with E-state index in [4.69, 9.17) is 5.73 Å². The smallest absolute Gasteiger partial charge is 0.271 e. The van der Waals surface area contributed by atoms with Gasteiger partial charge in [0.25, 0.3) is 5.91 Å². The highest BCUT2D eigenvalue weighted by Crippen LogP contribution is 2.21. The summed E-state index contributed by atoms with van der Waals surface area (Å²) in [4.78, 5) is 12.9. The molecule has 0 saturated carbocycles. The van der Waals surface area contributed by atoms with Crippen LogP contribution in [0.25, 0.3) is 0 Å². The molecule has 0 saturated heterocycles. The summed E-state index contributed by atoms with van der Waals surface area (Å²) in [6, 6.07) is 3.91. The van der Waals surface area contributed by atoms with Crippen LogP contribution < -0.4 is 11.1 Å². The van der Waals surface area contributed by atoms with E-state index in [1.165, 1.54) is 10.9 Å². The molecule has 0 fully saturated rings. The molecule has 0 radical (unpaired) electrons. The number of hydrogen-bond donors (Lipinski definition) is 2. The molecule has 1 amide bonds. The minimum Gasteiger partial charge on any atom is -0.396 e. The maximum absolute atomic E-state index is 11.9. The van der Waals surface area contributed by atoms with E-state index < -0.39 is 0 Å². The van der Waals surface area contributed by atoms with E-state index in [9.17, 15) is 4.79 Å². The second-order valence-corrected chi connectivity index (χ2v) is 6.01. The van der Waals surface area contributed by atoms with Gasteiger partial charge in [0.05, 0.1) is 22.2 Å². The van der Waals surface area contributed by atoms with E-state index >= 15 is 0 Å². The third-order valence-electron chi connectivity index (χ3n) is 2.23. The summed E-state index contributed by atoms with van der Waals surface area (Å²) in [6.45, 7) is 0.486. The van der Waals surface area contributed by atoms with Crippen molar-refractivity contribution in [1.82, 2.24) is 15.1 Å². The Kier molecular flexibility index (Phi) is 3.49. The number of carbonyl (C=O) groups excluding carboxylic acids is 1. The predicted molar refractivity (Wildman–Crippen MR) is 70.8 cm³/mol. The number of nitrogens with one attached hydrogen (secondary N) is 1. The van der Waals surface area contributed by atoms with Gasteiger partial charge in [-0.2, -0.15) is 5.10 Å². The molecule has 2 heterocycles. The van der Waals surface area contributed by atoms with Crippen LogP contribution in [0.2, 0.25) is 0 Å². The molecule has 0 atom stereocenters. The molecule has 17 heavy (non-hydrogen) atoms. The summed E-state index contributed by atoms with van der Waals surface area (Å²) in [5, 5.41) is 6.73. The van der Waals surface area contributed by atoms with Gasteiger partial charge in [0.1, 0.15) is 5.69 Å². The lowest BCUT2D eigenvalue weighted by molar-refractivity contribution is 0.0943. The van der Waals surface area contributed by atoms with Crippen molar-refractivity contribution in [3.63, 3.8) is 0 Å². The summed E-state index contributed by atoms with van der Waals surface area (Å²) in [5.74, 6) is -0.216. The molecule has 0 unspecified atom stereocenters. The number of aryl methyl sites for hydroxylation is 1.